The van der Waals surface area contributed by atoms with Gasteiger partial charge in [-0.1, -0.05) is 146 Å². The molecule has 2 heterocycles. The Hall–Kier alpha value is -6.10. The van der Waals surface area contributed by atoms with Crippen LogP contribution in [0.5, 0.6) is 0 Å². The van der Waals surface area contributed by atoms with Crippen molar-refractivity contribution in [3.05, 3.63) is 193 Å². The third-order valence-corrected chi connectivity index (χ3v) is 10.3. The highest BCUT2D eigenvalue weighted by Crippen LogP contribution is 2.42. The first-order valence-corrected chi connectivity index (χ1v) is 17.3. The highest BCUT2D eigenvalue weighted by atomic mass is 32.1. The van der Waals surface area contributed by atoms with Gasteiger partial charge in [0, 0.05) is 31.3 Å². The van der Waals surface area contributed by atoms with E-state index in [1.54, 1.807) is 0 Å². The molecule has 232 valence electrons. The fourth-order valence-corrected chi connectivity index (χ4v) is 7.82. The summed E-state index contributed by atoms with van der Waals surface area (Å²) in [6.45, 7) is 0. The lowest BCUT2D eigenvalue weighted by atomic mass is 9.95. The molecular weight excluding hydrogens is 615 g/mol. The smallest absolute Gasteiger partial charge is 0.159 e. The molecule has 4 heteroatoms. The molecule has 0 bridgehead atoms. The Morgan fingerprint density at radius 3 is 1.82 bits per heavy atom. The second-order valence-corrected chi connectivity index (χ2v) is 13.3. The Balaban J connectivity index is 1.13. The first-order valence-electron chi connectivity index (χ1n) is 16.5. The van der Waals surface area contributed by atoms with E-state index in [0.29, 0.717) is 0 Å². The minimum Gasteiger partial charge on any atom is -0.344 e. The predicted octanol–water partition coefficient (Wildman–Crippen LogP) is 11.6. The van der Waals surface area contributed by atoms with Gasteiger partial charge in [-0.25, -0.2) is 9.98 Å². The number of hydrogen-bond acceptors (Lipinski definition) is 4. The van der Waals surface area contributed by atoms with Crippen LogP contribution in [0.15, 0.2) is 186 Å². The summed E-state index contributed by atoms with van der Waals surface area (Å²) in [4.78, 5) is 10.1. The van der Waals surface area contributed by atoms with Gasteiger partial charge >= 0.3 is 0 Å². The van der Waals surface area contributed by atoms with Crippen LogP contribution in [0, 0.1) is 0 Å². The number of nitrogens with one attached hydrogen (secondary N) is 1. The summed E-state index contributed by atoms with van der Waals surface area (Å²) in [6.07, 6.45) is -0.240. The number of nitrogens with zero attached hydrogens (tertiary/aromatic N) is 2. The van der Waals surface area contributed by atoms with Gasteiger partial charge in [-0.2, -0.15) is 0 Å². The number of benzene rings is 7. The Labute approximate surface area is 289 Å². The molecule has 0 spiro atoms. The van der Waals surface area contributed by atoms with Gasteiger partial charge in [0.1, 0.15) is 12.0 Å². The van der Waals surface area contributed by atoms with Crippen molar-refractivity contribution in [2.75, 3.05) is 0 Å². The van der Waals surface area contributed by atoms with E-state index in [4.69, 9.17) is 9.98 Å². The van der Waals surface area contributed by atoms with Gasteiger partial charge in [0.2, 0.25) is 0 Å². The molecule has 49 heavy (non-hydrogen) atoms. The average molecular weight is 646 g/mol. The lowest BCUT2D eigenvalue weighted by Crippen LogP contribution is -2.33. The summed E-state index contributed by atoms with van der Waals surface area (Å²) < 4.78 is 2.57. The molecule has 3 nitrogen and oxygen atoms in total. The lowest BCUT2D eigenvalue weighted by Gasteiger charge is -2.24. The van der Waals surface area contributed by atoms with E-state index in [2.05, 4.69) is 157 Å². The molecule has 1 aliphatic heterocycles. The SMILES string of the molecule is c1ccc(C2=NC(c3ccccc3)NC(c3cccc(-c4cccc5sc6ccc(-c7cccc(-c8ccccc8)c7)cc6c45)c3)=N2)cc1. The monoisotopic (exact) mass is 645 g/mol. The molecule has 0 amide bonds. The predicted molar refractivity (Wildman–Crippen MR) is 207 cm³/mol. The first-order chi connectivity index (χ1) is 24.3. The molecule has 1 aliphatic rings. The van der Waals surface area contributed by atoms with Crippen LogP contribution in [0.25, 0.3) is 53.6 Å². The number of rotatable bonds is 6. The van der Waals surface area contributed by atoms with Crippen molar-refractivity contribution in [1.82, 2.24) is 5.32 Å². The summed E-state index contributed by atoms with van der Waals surface area (Å²) in [7, 11) is 0. The third kappa shape index (κ3) is 5.62. The van der Waals surface area contributed by atoms with Crippen LogP contribution in [0.2, 0.25) is 0 Å². The number of thiophene rings is 1. The highest BCUT2D eigenvalue weighted by Gasteiger charge is 2.21. The van der Waals surface area contributed by atoms with Crippen molar-refractivity contribution < 1.29 is 0 Å². The fraction of sp³-hybridized carbons (Fsp3) is 0.0222. The summed E-state index contributed by atoms with van der Waals surface area (Å²) in [6, 6.07) is 62.3. The molecule has 1 N–H and O–H groups in total. The summed E-state index contributed by atoms with van der Waals surface area (Å²) in [5.74, 6) is 1.54. The number of fused-ring (bicyclic) bond motifs is 3. The molecule has 7 aromatic carbocycles. The van der Waals surface area contributed by atoms with Crippen LogP contribution >= 0.6 is 11.3 Å². The van der Waals surface area contributed by atoms with Crippen molar-refractivity contribution in [3.63, 3.8) is 0 Å². The third-order valence-electron chi connectivity index (χ3n) is 9.13. The molecule has 0 fully saturated rings. The van der Waals surface area contributed by atoms with Crippen LogP contribution in [0.4, 0.5) is 0 Å². The van der Waals surface area contributed by atoms with Crippen molar-refractivity contribution in [2.24, 2.45) is 9.98 Å². The Morgan fingerprint density at radius 1 is 0.449 bits per heavy atom. The average Bonchev–Trinajstić information content (AvgIpc) is 3.57. The maximum Gasteiger partial charge on any atom is 0.159 e. The molecule has 1 unspecified atom stereocenters. The van der Waals surface area contributed by atoms with Crippen molar-refractivity contribution in [1.29, 1.82) is 0 Å². The van der Waals surface area contributed by atoms with Crippen LogP contribution in [-0.2, 0) is 0 Å². The molecule has 9 rings (SSSR count). The molecule has 1 aromatic heterocycles. The van der Waals surface area contributed by atoms with Gasteiger partial charge in [-0.15, -0.1) is 11.3 Å². The Morgan fingerprint density at radius 2 is 1.04 bits per heavy atom. The second kappa shape index (κ2) is 12.5. The van der Waals surface area contributed by atoms with Crippen molar-refractivity contribution >= 4 is 43.2 Å². The van der Waals surface area contributed by atoms with Crippen molar-refractivity contribution in [3.8, 4) is 33.4 Å². The Kier molecular flexibility index (Phi) is 7.41. The van der Waals surface area contributed by atoms with Crippen molar-refractivity contribution in [2.45, 2.75) is 6.17 Å². The normalized spacial score (nSPS) is 14.3. The van der Waals surface area contributed by atoms with Gasteiger partial charge < -0.3 is 5.32 Å². The van der Waals surface area contributed by atoms with E-state index < -0.39 is 0 Å². The quantitative estimate of drug-likeness (QED) is 0.192. The van der Waals surface area contributed by atoms with Crippen LogP contribution in [-0.4, -0.2) is 11.7 Å². The largest absolute Gasteiger partial charge is 0.344 e. The number of aliphatic imine (C=N–C) groups is 2. The zero-order chi connectivity index (χ0) is 32.6. The summed E-state index contributed by atoms with van der Waals surface area (Å²) in [5.41, 5.74) is 10.4. The number of amidine groups is 2. The minimum absolute atomic E-state index is 0.240. The lowest BCUT2D eigenvalue weighted by molar-refractivity contribution is 0.674. The van der Waals surface area contributed by atoms with E-state index in [1.807, 2.05) is 35.6 Å². The highest BCUT2D eigenvalue weighted by molar-refractivity contribution is 7.26. The summed E-state index contributed by atoms with van der Waals surface area (Å²) in [5, 5.41) is 6.20. The maximum atomic E-state index is 5.07. The molecule has 0 saturated carbocycles. The van der Waals surface area contributed by atoms with E-state index in [0.717, 1.165) is 33.9 Å². The molecule has 8 aromatic rings. The van der Waals surface area contributed by atoms with Gasteiger partial charge in [0.05, 0.1) is 0 Å². The van der Waals surface area contributed by atoms with E-state index >= 15 is 0 Å². The molecule has 0 aliphatic carbocycles. The zero-order valence-electron chi connectivity index (χ0n) is 26.6. The molecule has 0 saturated heterocycles. The summed E-state index contributed by atoms with van der Waals surface area (Å²) >= 11 is 1.85. The van der Waals surface area contributed by atoms with Gasteiger partial charge in [0.15, 0.2) is 5.84 Å². The first kappa shape index (κ1) is 29.1. The standard InChI is InChI=1S/C45H31N3S/c1-4-13-30(14-5-1)33-19-10-20-34(27-33)35-25-26-40-39(29-35)42-38(23-12-24-41(42)49-40)36-21-11-22-37(28-36)45-47-43(31-15-6-2-7-16-31)46-44(48-45)32-17-8-3-9-18-32/h1-29,43H,(H,46,47,48). The van der Waals surface area contributed by atoms with Gasteiger partial charge in [0.25, 0.3) is 0 Å². The molecule has 0 radical (unpaired) electrons. The van der Waals surface area contributed by atoms with Crippen LogP contribution in [0.3, 0.4) is 0 Å². The van der Waals surface area contributed by atoms with Gasteiger partial charge in [-0.05, 0) is 69.3 Å². The van der Waals surface area contributed by atoms with Crippen LogP contribution < -0.4 is 5.32 Å². The molecular formula is C45H31N3S. The second-order valence-electron chi connectivity index (χ2n) is 12.3. The fourth-order valence-electron chi connectivity index (χ4n) is 6.71. The van der Waals surface area contributed by atoms with Gasteiger partial charge in [-0.3, -0.25) is 0 Å². The Bertz CT molecular complexity index is 2510. The van der Waals surface area contributed by atoms with E-state index in [9.17, 15) is 0 Å². The number of hydrogen-bond donors (Lipinski definition) is 1. The van der Waals surface area contributed by atoms with E-state index in [-0.39, 0.29) is 6.17 Å². The van der Waals surface area contributed by atoms with E-state index in [1.165, 1.54) is 48.0 Å². The minimum atomic E-state index is -0.240. The maximum absolute atomic E-state index is 5.07. The zero-order valence-corrected chi connectivity index (χ0v) is 27.4. The topological polar surface area (TPSA) is 36.8 Å². The van der Waals surface area contributed by atoms with Crippen LogP contribution in [0.1, 0.15) is 22.9 Å². The molecule has 1 atom stereocenters.